The number of ether oxygens (including phenoxy) is 3. The summed E-state index contributed by atoms with van der Waals surface area (Å²) < 4.78 is 16.8. The van der Waals surface area contributed by atoms with Crippen LogP contribution in [-0.2, 0) is 28.6 Å². The fourth-order valence-electron chi connectivity index (χ4n) is 8.59. The summed E-state index contributed by atoms with van der Waals surface area (Å²) >= 11 is 0. The zero-order valence-corrected chi connectivity index (χ0v) is 49.0. The summed E-state index contributed by atoms with van der Waals surface area (Å²) in [5, 5.41) is 0. The number of esters is 3. The Morgan fingerprint density at radius 1 is 0.280 bits per heavy atom. The zero-order chi connectivity index (χ0) is 54.3. The lowest BCUT2D eigenvalue weighted by molar-refractivity contribution is -0.166. The summed E-state index contributed by atoms with van der Waals surface area (Å²) in [6, 6.07) is 0. The van der Waals surface area contributed by atoms with Gasteiger partial charge in [0.2, 0.25) is 0 Å². The van der Waals surface area contributed by atoms with Crippen LogP contribution in [0.25, 0.3) is 0 Å². The van der Waals surface area contributed by atoms with Crippen molar-refractivity contribution in [3.8, 4) is 0 Å². The monoisotopic (exact) mass is 1040 g/mol. The second-order valence-electron chi connectivity index (χ2n) is 20.6. The Hall–Kier alpha value is -3.93. The van der Waals surface area contributed by atoms with Crippen LogP contribution in [0.3, 0.4) is 0 Å². The van der Waals surface area contributed by atoms with E-state index in [1.165, 1.54) is 141 Å². The molecule has 0 amide bonds. The van der Waals surface area contributed by atoms with Crippen molar-refractivity contribution in [2.75, 3.05) is 13.2 Å². The Morgan fingerprint density at radius 2 is 0.547 bits per heavy atom. The average Bonchev–Trinajstić information content (AvgIpc) is 3.41. The van der Waals surface area contributed by atoms with E-state index in [-0.39, 0.29) is 31.6 Å². The summed E-state index contributed by atoms with van der Waals surface area (Å²) in [4.78, 5) is 38.3. The molecular formula is C69H116O6. The van der Waals surface area contributed by atoms with Crippen molar-refractivity contribution in [1.82, 2.24) is 0 Å². The largest absolute Gasteiger partial charge is 0.462 e. The van der Waals surface area contributed by atoms with Gasteiger partial charge in [-0.3, -0.25) is 14.4 Å². The van der Waals surface area contributed by atoms with Crippen LogP contribution in [0, 0.1) is 0 Å². The minimum atomic E-state index is -0.826. The molecule has 0 N–H and O–H groups in total. The maximum atomic E-state index is 12.9. The highest BCUT2D eigenvalue weighted by molar-refractivity contribution is 5.71. The molecule has 428 valence electrons. The van der Waals surface area contributed by atoms with E-state index in [9.17, 15) is 14.4 Å². The Morgan fingerprint density at radius 3 is 0.867 bits per heavy atom. The Balaban J connectivity index is 4.51. The van der Waals surface area contributed by atoms with Crippen LogP contribution in [0.1, 0.15) is 290 Å². The van der Waals surface area contributed by atoms with Crippen molar-refractivity contribution >= 4 is 17.9 Å². The molecule has 0 heterocycles. The van der Waals surface area contributed by atoms with E-state index in [1.54, 1.807) is 0 Å². The standard InChI is InChI=1S/C69H116O6/c1-4-7-10-13-16-19-22-25-28-31-33-34-36-38-41-44-47-50-53-56-59-62-68(71)74-65-66(64-73-67(70)61-58-55-52-49-46-43-40-37-30-27-24-21-18-15-12-9-6-3)75-69(72)63-60-57-54-51-48-45-42-39-35-32-29-26-23-20-17-14-11-8-5-2/h8,11,17,20,22,25-26,29,31,33,35-36,38-39,45,48,54,57,66H,4-7,9-10,12-16,18-19,21,23-24,27-28,30,32,34,37,40-44,46-47,49-53,55-56,58-65H2,1-3H3/b11-8-,20-17-,25-22-,29-26-,33-31-,38-36-,39-35-,48-45-,57-54-. The molecular weight excluding hydrogens is 925 g/mol. The van der Waals surface area contributed by atoms with E-state index in [4.69, 9.17) is 14.2 Å². The maximum absolute atomic E-state index is 12.9. The molecule has 0 spiro atoms. The van der Waals surface area contributed by atoms with Crippen LogP contribution in [0.15, 0.2) is 109 Å². The van der Waals surface area contributed by atoms with Crippen molar-refractivity contribution in [2.45, 2.75) is 297 Å². The smallest absolute Gasteiger partial charge is 0.306 e. The van der Waals surface area contributed by atoms with Gasteiger partial charge in [0, 0.05) is 19.3 Å². The molecule has 0 radical (unpaired) electrons. The summed E-state index contributed by atoms with van der Waals surface area (Å²) in [6.07, 6.45) is 85.3. The quantitative estimate of drug-likeness (QED) is 0.0261. The molecule has 0 saturated heterocycles. The van der Waals surface area contributed by atoms with Gasteiger partial charge in [-0.15, -0.1) is 0 Å². The SMILES string of the molecule is CC/C=C\C/C=C\C/C=C\C/C=C\C/C=C\C/C=C\CCC(=O)OC(COC(=O)CCCCCCCC/C=C\C/C=C\C/C=C\CCCCCCC)COC(=O)CCCCCCCCCCCCCCCCCCC. The van der Waals surface area contributed by atoms with E-state index >= 15 is 0 Å². The molecule has 0 rings (SSSR count). The van der Waals surface area contributed by atoms with Crippen LogP contribution in [0.5, 0.6) is 0 Å². The van der Waals surface area contributed by atoms with Gasteiger partial charge in [-0.05, 0) is 96.3 Å². The molecule has 0 aliphatic carbocycles. The van der Waals surface area contributed by atoms with Gasteiger partial charge in [-0.2, -0.15) is 0 Å². The number of allylic oxidation sites excluding steroid dienone is 18. The molecule has 1 atom stereocenters. The van der Waals surface area contributed by atoms with Crippen molar-refractivity contribution in [3.63, 3.8) is 0 Å². The van der Waals surface area contributed by atoms with Gasteiger partial charge < -0.3 is 14.2 Å². The molecule has 0 aromatic rings. The molecule has 0 aromatic heterocycles. The topological polar surface area (TPSA) is 78.9 Å². The molecule has 6 nitrogen and oxygen atoms in total. The summed E-state index contributed by atoms with van der Waals surface area (Å²) in [7, 11) is 0. The van der Waals surface area contributed by atoms with E-state index < -0.39 is 12.1 Å². The molecule has 0 fully saturated rings. The fraction of sp³-hybridized carbons (Fsp3) is 0.696. The van der Waals surface area contributed by atoms with Gasteiger partial charge in [0.15, 0.2) is 6.10 Å². The van der Waals surface area contributed by atoms with E-state index in [0.717, 1.165) is 103 Å². The van der Waals surface area contributed by atoms with E-state index in [1.807, 2.05) is 6.08 Å². The third-order valence-corrected chi connectivity index (χ3v) is 13.3. The van der Waals surface area contributed by atoms with Crippen LogP contribution >= 0.6 is 0 Å². The number of carbonyl (C=O) groups excluding carboxylic acids is 3. The molecule has 0 bridgehead atoms. The van der Waals surface area contributed by atoms with Gasteiger partial charge in [0.25, 0.3) is 0 Å². The maximum Gasteiger partial charge on any atom is 0.306 e. The Bertz CT molecular complexity index is 1520. The zero-order valence-electron chi connectivity index (χ0n) is 49.0. The van der Waals surface area contributed by atoms with Gasteiger partial charge >= 0.3 is 17.9 Å². The third-order valence-electron chi connectivity index (χ3n) is 13.3. The number of hydrogen-bond acceptors (Lipinski definition) is 6. The second kappa shape index (κ2) is 62.6. The summed E-state index contributed by atoms with van der Waals surface area (Å²) in [5.41, 5.74) is 0. The van der Waals surface area contributed by atoms with Crippen molar-refractivity contribution in [2.24, 2.45) is 0 Å². The predicted octanol–water partition coefficient (Wildman–Crippen LogP) is 21.4. The van der Waals surface area contributed by atoms with Gasteiger partial charge in [-0.25, -0.2) is 0 Å². The van der Waals surface area contributed by atoms with E-state index in [2.05, 4.69) is 124 Å². The fourth-order valence-corrected chi connectivity index (χ4v) is 8.59. The van der Waals surface area contributed by atoms with Crippen LogP contribution in [0.4, 0.5) is 0 Å². The highest BCUT2D eigenvalue weighted by Crippen LogP contribution is 2.16. The lowest BCUT2D eigenvalue weighted by Gasteiger charge is -2.18. The Kier molecular flexibility index (Phi) is 59.3. The Labute approximate surface area is 463 Å². The molecule has 1 unspecified atom stereocenters. The second-order valence-corrected chi connectivity index (χ2v) is 20.6. The van der Waals surface area contributed by atoms with Crippen molar-refractivity contribution in [3.05, 3.63) is 109 Å². The normalized spacial score (nSPS) is 12.8. The summed E-state index contributed by atoms with van der Waals surface area (Å²) in [5.74, 6) is -1.00. The predicted molar refractivity (Wildman–Crippen MR) is 325 cm³/mol. The van der Waals surface area contributed by atoms with Crippen LogP contribution < -0.4 is 0 Å². The van der Waals surface area contributed by atoms with Gasteiger partial charge in [-0.1, -0.05) is 284 Å². The first-order valence-corrected chi connectivity index (χ1v) is 31.4. The van der Waals surface area contributed by atoms with Gasteiger partial charge in [0.1, 0.15) is 13.2 Å². The first-order chi connectivity index (χ1) is 37.0. The van der Waals surface area contributed by atoms with Gasteiger partial charge in [0.05, 0.1) is 0 Å². The molecule has 6 heteroatoms. The minimum absolute atomic E-state index is 0.112. The highest BCUT2D eigenvalue weighted by atomic mass is 16.6. The minimum Gasteiger partial charge on any atom is -0.462 e. The lowest BCUT2D eigenvalue weighted by Crippen LogP contribution is -2.30. The van der Waals surface area contributed by atoms with E-state index in [0.29, 0.717) is 19.3 Å². The lowest BCUT2D eigenvalue weighted by atomic mass is 10.0. The average molecular weight is 1040 g/mol. The van der Waals surface area contributed by atoms with Crippen molar-refractivity contribution in [1.29, 1.82) is 0 Å². The van der Waals surface area contributed by atoms with Crippen LogP contribution in [0.2, 0.25) is 0 Å². The first kappa shape index (κ1) is 71.1. The van der Waals surface area contributed by atoms with Crippen molar-refractivity contribution < 1.29 is 28.6 Å². The number of hydrogen-bond donors (Lipinski definition) is 0. The third kappa shape index (κ3) is 60.8. The molecule has 75 heavy (non-hydrogen) atoms. The van der Waals surface area contributed by atoms with Crippen LogP contribution in [-0.4, -0.2) is 37.2 Å². The summed E-state index contributed by atoms with van der Waals surface area (Å²) in [6.45, 7) is 6.47. The molecule has 0 saturated carbocycles. The molecule has 0 aromatic carbocycles. The number of carbonyl (C=O) groups is 3. The highest BCUT2D eigenvalue weighted by Gasteiger charge is 2.19. The first-order valence-electron chi connectivity index (χ1n) is 31.4. The molecule has 0 aliphatic rings. The number of unbranched alkanes of at least 4 members (excludes halogenated alkanes) is 27. The number of rotatable bonds is 56. The molecule has 0 aliphatic heterocycles.